The van der Waals surface area contributed by atoms with Crippen molar-refractivity contribution in [1.82, 2.24) is 5.32 Å². The summed E-state index contributed by atoms with van der Waals surface area (Å²) in [4.78, 5) is 0. The highest BCUT2D eigenvalue weighted by Crippen LogP contribution is 2.42. The molecule has 4 unspecified atom stereocenters. The van der Waals surface area contributed by atoms with Gasteiger partial charge in [-0.05, 0) is 51.0 Å². The highest BCUT2D eigenvalue weighted by molar-refractivity contribution is 4.95. The molecule has 0 spiro atoms. The molecule has 18 heavy (non-hydrogen) atoms. The molecule has 0 aromatic heterocycles. The van der Waals surface area contributed by atoms with Crippen LogP contribution in [-0.2, 0) is 9.47 Å². The summed E-state index contributed by atoms with van der Waals surface area (Å²) in [6.07, 6.45) is 8.87. The largest absolute Gasteiger partial charge is 0.381 e. The van der Waals surface area contributed by atoms with Gasteiger partial charge in [0.25, 0.3) is 0 Å². The van der Waals surface area contributed by atoms with E-state index < -0.39 is 0 Å². The number of nitrogens with one attached hydrogen (secondary N) is 1. The molecular formula is C15H27NO2. The average Bonchev–Trinajstić information content (AvgIpc) is 3.02. The SMILES string of the molecule is CCNC(CC1CCOCC1)C1CC2CCC1O2. The molecule has 0 saturated carbocycles. The van der Waals surface area contributed by atoms with Gasteiger partial charge in [-0.1, -0.05) is 6.92 Å². The van der Waals surface area contributed by atoms with Crippen LogP contribution < -0.4 is 5.32 Å². The second kappa shape index (κ2) is 5.89. The molecule has 4 atom stereocenters. The van der Waals surface area contributed by atoms with Gasteiger partial charge in [0.2, 0.25) is 0 Å². The number of rotatable bonds is 5. The maximum absolute atomic E-state index is 6.04. The van der Waals surface area contributed by atoms with E-state index in [2.05, 4.69) is 12.2 Å². The van der Waals surface area contributed by atoms with Crippen molar-refractivity contribution in [2.24, 2.45) is 11.8 Å². The summed E-state index contributed by atoms with van der Waals surface area (Å²) in [5, 5.41) is 3.74. The predicted octanol–water partition coefficient (Wildman–Crippen LogP) is 2.35. The van der Waals surface area contributed by atoms with Crippen molar-refractivity contribution in [2.75, 3.05) is 19.8 Å². The van der Waals surface area contributed by atoms with Crippen LogP contribution in [0.2, 0.25) is 0 Å². The summed E-state index contributed by atoms with van der Waals surface area (Å²) < 4.78 is 11.5. The smallest absolute Gasteiger partial charge is 0.0623 e. The first-order chi connectivity index (χ1) is 8.86. The van der Waals surface area contributed by atoms with Crippen molar-refractivity contribution in [3.63, 3.8) is 0 Å². The lowest BCUT2D eigenvalue weighted by atomic mass is 9.79. The lowest BCUT2D eigenvalue weighted by Gasteiger charge is -2.33. The zero-order chi connectivity index (χ0) is 12.4. The second-order valence-electron chi connectivity index (χ2n) is 6.23. The zero-order valence-corrected chi connectivity index (χ0v) is 11.6. The lowest BCUT2D eigenvalue weighted by molar-refractivity contribution is 0.0516. The molecule has 3 heteroatoms. The highest BCUT2D eigenvalue weighted by atomic mass is 16.5. The Bertz CT molecular complexity index is 265. The monoisotopic (exact) mass is 253 g/mol. The molecule has 3 rings (SSSR count). The molecule has 3 fully saturated rings. The van der Waals surface area contributed by atoms with Gasteiger partial charge in [-0.15, -0.1) is 0 Å². The summed E-state index contributed by atoms with van der Waals surface area (Å²) in [6.45, 7) is 5.25. The van der Waals surface area contributed by atoms with Crippen LogP contribution in [0.1, 0.15) is 45.4 Å². The Morgan fingerprint density at radius 2 is 2.00 bits per heavy atom. The van der Waals surface area contributed by atoms with E-state index in [-0.39, 0.29) is 0 Å². The Kier molecular flexibility index (Phi) is 4.22. The number of fused-ring (bicyclic) bond motifs is 2. The maximum atomic E-state index is 6.04. The molecule has 0 aromatic carbocycles. The molecule has 0 amide bonds. The van der Waals surface area contributed by atoms with Crippen molar-refractivity contribution >= 4 is 0 Å². The van der Waals surface area contributed by atoms with Gasteiger partial charge in [-0.25, -0.2) is 0 Å². The molecule has 2 bridgehead atoms. The van der Waals surface area contributed by atoms with Gasteiger partial charge in [-0.3, -0.25) is 0 Å². The van der Waals surface area contributed by atoms with E-state index in [0.717, 1.165) is 31.6 Å². The molecular weight excluding hydrogens is 226 g/mol. The third kappa shape index (κ3) is 2.73. The van der Waals surface area contributed by atoms with Crippen molar-refractivity contribution in [3.8, 4) is 0 Å². The Morgan fingerprint density at radius 3 is 2.61 bits per heavy atom. The Morgan fingerprint density at radius 1 is 1.17 bits per heavy atom. The number of hydrogen-bond acceptors (Lipinski definition) is 3. The third-order valence-corrected chi connectivity index (χ3v) is 5.06. The van der Waals surface area contributed by atoms with Gasteiger partial charge in [0, 0.05) is 25.2 Å². The minimum absolute atomic E-state index is 0.555. The van der Waals surface area contributed by atoms with Gasteiger partial charge >= 0.3 is 0 Å². The normalized spacial score (nSPS) is 38.2. The van der Waals surface area contributed by atoms with Crippen molar-refractivity contribution in [3.05, 3.63) is 0 Å². The summed E-state index contributed by atoms with van der Waals surface area (Å²) in [6, 6.07) is 0.674. The van der Waals surface area contributed by atoms with Crippen LogP contribution in [0.25, 0.3) is 0 Å². The first-order valence-corrected chi connectivity index (χ1v) is 7.83. The van der Waals surface area contributed by atoms with Crippen molar-refractivity contribution in [2.45, 2.75) is 63.7 Å². The van der Waals surface area contributed by atoms with Crippen molar-refractivity contribution < 1.29 is 9.47 Å². The summed E-state index contributed by atoms with van der Waals surface area (Å²) >= 11 is 0. The molecule has 0 aromatic rings. The minimum Gasteiger partial charge on any atom is -0.381 e. The van der Waals surface area contributed by atoms with Gasteiger partial charge in [0.15, 0.2) is 0 Å². The molecule has 0 aliphatic carbocycles. The molecule has 3 aliphatic rings. The van der Waals surface area contributed by atoms with Gasteiger partial charge in [0.1, 0.15) is 0 Å². The van der Waals surface area contributed by atoms with E-state index in [1.54, 1.807) is 0 Å². The molecule has 3 nitrogen and oxygen atoms in total. The predicted molar refractivity (Wildman–Crippen MR) is 71.6 cm³/mol. The van der Waals surface area contributed by atoms with E-state index in [1.165, 1.54) is 38.5 Å². The first-order valence-electron chi connectivity index (χ1n) is 7.83. The van der Waals surface area contributed by atoms with E-state index >= 15 is 0 Å². The first kappa shape index (κ1) is 12.9. The van der Waals surface area contributed by atoms with E-state index in [1.807, 2.05) is 0 Å². The van der Waals surface area contributed by atoms with E-state index in [9.17, 15) is 0 Å². The van der Waals surface area contributed by atoms with Crippen LogP contribution in [0.3, 0.4) is 0 Å². The minimum atomic E-state index is 0.555. The fourth-order valence-electron chi connectivity index (χ4n) is 4.11. The Labute approximate surface area is 111 Å². The highest BCUT2D eigenvalue weighted by Gasteiger charge is 2.44. The molecule has 3 aliphatic heterocycles. The van der Waals surface area contributed by atoms with E-state index in [4.69, 9.17) is 9.47 Å². The summed E-state index contributed by atoms with van der Waals surface area (Å²) in [7, 11) is 0. The van der Waals surface area contributed by atoms with Crippen molar-refractivity contribution in [1.29, 1.82) is 0 Å². The van der Waals surface area contributed by atoms with Crippen LogP contribution in [0.15, 0.2) is 0 Å². The van der Waals surface area contributed by atoms with Crippen LogP contribution in [-0.4, -0.2) is 38.0 Å². The maximum Gasteiger partial charge on any atom is 0.0623 e. The summed E-state index contributed by atoms with van der Waals surface area (Å²) in [5.74, 6) is 1.63. The van der Waals surface area contributed by atoms with Crippen LogP contribution in [0.5, 0.6) is 0 Å². The lowest BCUT2D eigenvalue weighted by Crippen LogP contribution is -2.42. The quantitative estimate of drug-likeness (QED) is 0.816. The average molecular weight is 253 g/mol. The second-order valence-corrected chi connectivity index (χ2v) is 6.23. The van der Waals surface area contributed by atoms with Crippen LogP contribution in [0.4, 0.5) is 0 Å². The fourth-order valence-corrected chi connectivity index (χ4v) is 4.11. The van der Waals surface area contributed by atoms with Gasteiger partial charge < -0.3 is 14.8 Å². The van der Waals surface area contributed by atoms with Crippen LogP contribution >= 0.6 is 0 Å². The molecule has 3 heterocycles. The van der Waals surface area contributed by atoms with Gasteiger partial charge in [0.05, 0.1) is 12.2 Å². The number of ether oxygens (including phenoxy) is 2. The Hall–Kier alpha value is -0.120. The standard InChI is InChI=1S/C15H27NO2/c1-2-16-14(9-11-5-7-17-8-6-11)13-10-12-3-4-15(13)18-12/h11-16H,2-10H2,1H3. The zero-order valence-electron chi connectivity index (χ0n) is 11.6. The molecule has 1 N–H and O–H groups in total. The number of hydrogen-bond donors (Lipinski definition) is 1. The molecule has 104 valence electrons. The van der Waals surface area contributed by atoms with Gasteiger partial charge in [-0.2, -0.15) is 0 Å². The fraction of sp³-hybridized carbons (Fsp3) is 1.00. The molecule has 3 saturated heterocycles. The third-order valence-electron chi connectivity index (χ3n) is 5.06. The van der Waals surface area contributed by atoms with Crippen LogP contribution in [0, 0.1) is 11.8 Å². The van der Waals surface area contributed by atoms with E-state index in [0.29, 0.717) is 18.2 Å². The Balaban J connectivity index is 1.57. The topological polar surface area (TPSA) is 30.5 Å². The summed E-state index contributed by atoms with van der Waals surface area (Å²) in [5.41, 5.74) is 0. The molecule has 0 radical (unpaired) electrons.